The lowest BCUT2D eigenvalue weighted by Gasteiger charge is -2.12. The molecule has 2 heterocycles. The molecule has 0 spiro atoms. The van der Waals surface area contributed by atoms with E-state index in [0.717, 1.165) is 6.42 Å². The third-order valence-electron chi connectivity index (χ3n) is 2.71. The van der Waals surface area contributed by atoms with Crippen LogP contribution in [0.15, 0.2) is 11.6 Å². The van der Waals surface area contributed by atoms with E-state index in [4.69, 9.17) is 0 Å². The van der Waals surface area contributed by atoms with Crippen LogP contribution in [0.2, 0.25) is 0 Å². The van der Waals surface area contributed by atoms with Crippen LogP contribution in [-0.2, 0) is 4.79 Å². The minimum Gasteiger partial charge on any atom is -0.358 e. The maximum Gasteiger partial charge on any atom is 0.372 e. The molecule has 8 nitrogen and oxygen atoms in total. The van der Waals surface area contributed by atoms with Crippen molar-refractivity contribution >= 4 is 33.8 Å². The number of amides is 1. The first kappa shape index (κ1) is 14.3. The van der Waals surface area contributed by atoms with Gasteiger partial charge in [0.15, 0.2) is 0 Å². The number of thiazole rings is 1. The average Bonchev–Trinajstić information content (AvgIpc) is 2.95. The Morgan fingerprint density at radius 1 is 1.65 bits per heavy atom. The minimum absolute atomic E-state index is 0.112. The topological polar surface area (TPSA) is 102 Å². The number of nitrogens with one attached hydrogen (secondary N) is 2. The zero-order valence-corrected chi connectivity index (χ0v) is 11.9. The maximum absolute atomic E-state index is 11.8. The van der Waals surface area contributed by atoms with E-state index in [0.29, 0.717) is 11.5 Å². The van der Waals surface area contributed by atoms with Crippen molar-refractivity contribution in [2.45, 2.75) is 26.3 Å². The number of hydrogen-bond donors (Lipinski definition) is 2. The van der Waals surface area contributed by atoms with Gasteiger partial charge in [0.25, 0.3) is 4.96 Å². The highest BCUT2D eigenvalue weighted by Gasteiger charge is 2.26. The number of carbonyl (C=O) groups excluding carboxylic acids is 1. The molecule has 2 aromatic rings. The molecule has 2 rings (SSSR count). The zero-order chi connectivity index (χ0) is 14.7. The number of aromatic nitrogens is 2. The molecule has 2 aromatic heterocycles. The molecule has 0 saturated heterocycles. The molecule has 0 aliphatic rings. The third kappa shape index (κ3) is 2.72. The number of anilines is 1. The van der Waals surface area contributed by atoms with Crippen LogP contribution in [0.3, 0.4) is 0 Å². The number of carbonyl (C=O) groups is 1. The van der Waals surface area contributed by atoms with Gasteiger partial charge in [0.1, 0.15) is 12.2 Å². The average molecular weight is 297 g/mol. The maximum atomic E-state index is 11.8. The highest BCUT2D eigenvalue weighted by molar-refractivity contribution is 7.15. The van der Waals surface area contributed by atoms with Crippen LogP contribution in [0, 0.1) is 10.1 Å². The van der Waals surface area contributed by atoms with Crippen molar-refractivity contribution in [3.8, 4) is 0 Å². The summed E-state index contributed by atoms with van der Waals surface area (Å²) >= 11 is 1.30. The number of rotatable bonds is 6. The molecular formula is C11H15N5O3S. The van der Waals surface area contributed by atoms with Gasteiger partial charge in [0.05, 0.1) is 0 Å². The van der Waals surface area contributed by atoms with Gasteiger partial charge in [-0.05, 0) is 18.3 Å². The van der Waals surface area contributed by atoms with Crippen molar-refractivity contribution in [2.75, 3.05) is 11.9 Å². The van der Waals surface area contributed by atoms with E-state index in [1.54, 1.807) is 18.5 Å². The fraction of sp³-hybridized carbons (Fsp3) is 0.455. The van der Waals surface area contributed by atoms with E-state index in [-0.39, 0.29) is 17.5 Å². The van der Waals surface area contributed by atoms with E-state index in [9.17, 15) is 14.9 Å². The van der Waals surface area contributed by atoms with E-state index >= 15 is 0 Å². The molecule has 1 atom stereocenters. The summed E-state index contributed by atoms with van der Waals surface area (Å²) in [7, 11) is 0. The normalized spacial score (nSPS) is 12.3. The molecule has 0 fully saturated rings. The molecule has 2 N–H and O–H groups in total. The van der Waals surface area contributed by atoms with Gasteiger partial charge in [-0.15, -0.1) is 0 Å². The van der Waals surface area contributed by atoms with E-state index < -0.39 is 11.0 Å². The Bertz CT molecular complexity index is 635. The van der Waals surface area contributed by atoms with Crippen molar-refractivity contribution in [1.29, 1.82) is 0 Å². The van der Waals surface area contributed by atoms with Crippen molar-refractivity contribution < 1.29 is 9.72 Å². The van der Waals surface area contributed by atoms with Gasteiger partial charge in [0, 0.05) is 11.9 Å². The van der Waals surface area contributed by atoms with Crippen LogP contribution in [0.1, 0.15) is 20.3 Å². The number of nitro groups is 1. The second-order valence-electron chi connectivity index (χ2n) is 4.25. The smallest absolute Gasteiger partial charge is 0.358 e. The largest absolute Gasteiger partial charge is 0.372 e. The number of fused-ring (bicyclic) bond motifs is 1. The first-order valence-electron chi connectivity index (χ1n) is 6.18. The zero-order valence-electron chi connectivity index (χ0n) is 11.1. The van der Waals surface area contributed by atoms with Gasteiger partial charge >= 0.3 is 5.82 Å². The van der Waals surface area contributed by atoms with Crippen LogP contribution in [0.5, 0.6) is 0 Å². The highest BCUT2D eigenvalue weighted by Crippen LogP contribution is 2.28. The lowest BCUT2D eigenvalue weighted by Crippen LogP contribution is -2.38. The van der Waals surface area contributed by atoms with Crippen LogP contribution in [0.4, 0.5) is 11.6 Å². The molecule has 20 heavy (non-hydrogen) atoms. The lowest BCUT2D eigenvalue weighted by atomic mass is 10.3. The van der Waals surface area contributed by atoms with Crippen molar-refractivity contribution in [2.24, 2.45) is 0 Å². The quantitative estimate of drug-likeness (QED) is 0.623. The van der Waals surface area contributed by atoms with E-state index in [1.165, 1.54) is 15.7 Å². The fourth-order valence-corrected chi connectivity index (χ4v) is 2.43. The molecule has 0 aliphatic heterocycles. The predicted molar refractivity (Wildman–Crippen MR) is 76.1 cm³/mol. The summed E-state index contributed by atoms with van der Waals surface area (Å²) in [5, 5.41) is 18.4. The summed E-state index contributed by atoms with van der Waals surface area (Å²) in [6.07, 6.45) is 2.41. The fourth-order valence-electron chi connectivity index (χ4n) is 1.72. The van der Waals surface area contributed by atoms with Gasteiger partial charge in [-0.1, -0.05) is 18.3 Å². The van der Waals surface area contributed by atoms with Crippen LogP contribution in [0.25, 0.3) is 4.96 Å². The molecule has 108 valence electrons. The number of imidazole rings is 1. The standard InChI is InChI=1S/C11H15N5O3S/c1-3-4-12-9(17)7(2)13-8-10(16(18)19)15-5-6-20-11(15)14-8/h5-7,13H,3-4H2,1-2H3,(H,12,17). The molecule has 1 unspecified atom stereocenters. The van der Waals surface area contributed by atoms with Gasteiger partial charge in [-0.25, -0.2) is 0 Å². The molecule has 0 aromatic carbocycles. The highest BCUT2D eigenvalue weighted by atomic mass is 32.1. The molecular weight excluding hydrogens is 282 g/mol. The molecule has 1 amide bonds. The second-order valence-corrected chi connectivity index (χ2v) is 5.13. The van der Waals surface area contributed by atoms with E-state index in [1.807, 2.05) is 6.92 Å². The Morgan fingerprint density at radius 3 is 3.05 bits per heavy atom. The van der Waals surface area contributed by atoms with Gasteiger partial charge < -0.3 is 20.7 Å². The van der Waals surface area contributed by atoms with Crippen molar-refractivity contribution in [3.05, 3.63) is 21.7 Å². The Balaban J connectivity index is 2.20. The molecule has 0 saturated carbocycles. The lowest BCUT2D eigenvalue weighted by molar-refractivity contribution is -0.389. The van der Waals surface area contributed by atoms with Gasteiger partial charge in [-0.3, -0.25) is 4.79 Å². The summed E-state index contributed by atoms with van der Waals surface area (Å²) in [4.78, 5) is 27.0. The van der Waals surface area contributed by atoms with Crippen LogP contribution < -0.4 is 10.6 Å². The van der Waals surface area contributed by atoms with Crippen LogP contribution in [-0.4, -0.2) is 32.8 Å². The van der Waals surface area contributed by atoms with Crippen molar-refractivity contribution in [3.63, 3.8) is 0 Å². The van der Waals surface area contributed by atoms with E-state index in [2.05, 4.69) is 15.6 Å². The minimum atomic E-state index is -0.593. The number of hydrogen-bond acceptors (Lipinski definition) is 6. The Hall–Kier alpha value is -2.16. The second kappa shape index (κ2) is 5.87. The summed E-state index contributed by atoms with van der Waals surface area (Å²) < 4.78 is 1.39. The third-order valence-corrected chi connectivity index (χ3v) is 3.46. The van der Waals surface area contributed by atoms with Crippen molar-refractivity contribution in [1.82, 2.24) is 14.7 Å². The monoisotopic (exact) mass is 297 g/mol. The van der Waals surface area contributed by atoms with Gasteiger partial charge in [-0.2, -0.15) is 9.38 Å². The molecule has 0 aliphatic carbocycles. The van der Waals surface area contributed by atoms with Crippen LogP contribution >= 0.6 is 11.3 Å². The first-order chi connectivity index (χ1) is 9.54. The Kier molecular flexibility index (Phi) is 4.18. The molecule has 0 radical (unpaired) electrons. The summed E-state index contributed by atoms with van der Waals surface area (Å²) in [6.45, 7) is 4.17. The SMILES string of the molecule is CCCNC(=O)C(C)Nc1nc2sccn2c1[N+](=O)[O-]. The summed E-state index contributed by atoms with van der Waals surface area (Å²) in [5.74, 6) is -0.255. The first-order valence-corrected chi connectivity index (χ1v) is 7.06. The Morgan fingerprint density at radius 2 is 2.40 bits per heavy atom. The molecule has 9 heteroatoms. The number of nitrogens with zero attached hydrogens (tertiary/aromatic N) is 3. The Labute approximate surface area is 119 Å². The predicted octanol–water partition coefficient (Wildman–Crippen LogP) is 1.63. The summed E-state index contributed by atoms with van der Waals surface area (Å²) in [5.41, 5.74) is 0. The molecule has 0 bridgehead atoms. The van der Waals surface area contributed by atoms with Gasteiger partial charge in [0.2, 0.25) is 11.7 Å². The summed E-state index contributed by atoms with van der Waals surface area (Å²) in [6, 6.07) is -0.593.